The van der Waals surface area contributed by atoms with E-state index in [9.17, 15) is 4.79 Å². The third kappa shape index (κ3) is 5.97. The van der Waals surface area contributed by atoms with Crippen molar-refractivity contribution in [1.29, 1.82) is 0 Å². The molecule has 1 N–H and O–H groups in total. The molecule has 1 aliphatic carbocycles. The molecule has 7 nitrogen and oxygen atoms in total. The predicted molar refractivity (Wildman–Crippen MR) is 104 cm³/mol. The summed E-state index contributed by atoms with van der Waals surface area (Å²) in [5.41, 5.74) is 0. The fourth-order valence-corrected chi connectivity index (χ4v) is 3.61. The van der Waals surface area contributed by atoms with Gasteiger partial charge in [-0.25, -0.2) is 9.78 Å². The van der Waals surface area contributed by atoms with E-state index in [0.29, 0.717) is 30.9 Å². The van der Waals surface area contributed by atoms with Crippen molar-refractivity contribution in [3.05, 3.63) is 6.20 Å². The predicted octanol–water partition coefficient (Wildman–Crippen LogP) is 3.78. The number of hydrogen-bond acceptors (Lipinski definition) is 6. The zero-order valence-corrected chi connectivity index (χ0v) is 16.6. The molecule has 1 aliphatic heterocycles. The molecule has 1 saturated heterocycles. The van der Waals surface area contributed by atoms with Gasteiger partial charge in [0.2, 0.25) is 5.88 Å². The Morgan fingerprint density at radius 3 is 2.70 bits per heavy atom. The first-order valence-corrected chi connectivity index (χ1v) is 10.3. The lowest BCUT2D eigenvalue weighted by Crippen LogP contribution is -2.29. The first-order chi connectivity index (χ1) is 13.1. The Hall–Kier alpha value is -2.05. The van der Waals surface area contributed by atoms with Crippen LogP contribution < -0.4 is 19.7 Å². The maximum Gasteiger partial charge on any atom is 0.413 e. The van der Waals surface area contributed by atoms with Crippen molar-refractivity contribution in [3.8, 4) is 11.8 Å². The van der Waals surface area contributed by atoms with Gasteiger partial charge in [-0.3, -0.25) is 0 Å². The van der Waals surface area contributed by atoms with E-state index in [-0.39, 0.29) is 5.88 Å². The molecule has 2 heterocycles. The van der Waals surface area contributed by atoms with E-state index in [0.717, 1.165) is 38.2 Å². The minimum atomic E-state index is -0.499. The summed E-state index contributed by atoms with van der Waals surface area (Å²) in [4.78, 5) is 23.1. The number of hydrogen-bond donors (Lipinski definition) is 1. The maximum absolute atomic E-state index is 12.0. The fourth-order valence-electron chi connectivity index (χ4n) is 3.61. The van der Waals surface area contributed by atoms with E-state index in [1.165, 1.54) is 31.9 Å². The monoisotopic (exact) mass is 376 g/mol. The fraction of sp³-hybridized carbons (Fsp3) is 0.750. The number of aromatic nitrogens is 2. The van der Waals surface area contributed by atoms with Gasteiger partial charge < -0.3 is 19.7 Å². The molecular formula is C20H32N4O3. The van der Waals surface area contributed by atoms with Crippen LogP contribution in [0.25, 0.3) is 0 Å². The SMILES string of the molecule is CC(C)CCNC(=O)Oc1cnc(N2CCCC2)c(OCC2CCCC2)n1. The molecule has 2 aliphatic rings. The smallest absolute Gasteiger partial charge is 0.413 e. The van der Waals surface area contributed by atoms with Crippen LogP contribution in [0.1, 0.15) is 58.8 Å². The molecule has 2 fully saturated rings. The van der Waals surface area contributed by atoms with Gasteiger partial charge in [-0.05, 0) is 43.9 Å². The van der Waals surface area contributed by atoms with Crippen LogP contribution in [0.3, 0.4) is 0 Å². The largest absolute Gasteiger partial charge is 0.475 e. The van der Waals surface area contributed by atoms with Crippen LogP contribution in [0.5, 0.6) is 11.8 Å². The highest BCUT2D eigenvalue weighted by molar-refractivity contribution is 5.69. The Labute approximate surface area is 161 Å². The molecule has 0 unspecified atom stereocenters. The number of nitrogens with one attached hydrogen (secondary N) is 1. The Morgan fingerprint density at radius 1 is 1.26 bits per heavy atom. The van der Waals surface area contributed by atoms with E-state index < -0.39 is 6.09 Å². The number of carbonyl (C=O) groups is 1. The third-order valence-corrected chi connectivity index (χ3v) is 5.22. The van der Waals surface area contributed by atoms with Gasteiger partial charge in [0.25, 0.3) is 5.88 Å². The van der Waals surface area contributed by atoms with Crippen LogP contribution in [0, 0.1) is 11.8 Å². The van der Waals surface area contributed by atoms with Crippen LogP contribution in [0.2, 0.25) is 0 Å². The molecule has 7 heteroatoms. The summed E-state index contributed by atoms with van der Waals surface area (Å²) in [6.45, 7) is 7.39. The van der Waals surface area contributed by atoms with Crippen LogP contribution >= 0.6 is 0 Å². The number of nitrogens with zero attached hydrogens (tertiary/aromatic N) is 3. The Bertz CT molecular complexity index is 611. The van der Waals surface area contributed by atoms with E-state index in [4.69, 9.17) is 9.47 Å². The van der Waals surface area contributed by atoms with Gasteiger partial charge >= 0.3 is 6.09 Å². The minimum absolute atomic E-state index is 0.182. The van der Waals surface area contributed by atoms with E-state index in [1.54, 1.807) is 0 Å². The van der Waals surface area contributed by atoms with E-state index in [2.05, 4.69) is 34.0 Å². The Kier molecular flexibility index (Phi) is 7.12. The molecule has 27 heavy (non-hydrogen) atoms. The Morgan fingerprint density at radius 2 is 2.00 bits per heavy atom. The average molecular weight is 377 g/mol. The van der Waals surface area contributed by atoms with E-state index >= 15 is 0 Å². The highest BCUT2D eigenvalue weighted by atomic mass is 16.6. The summed E-state index contributed by atoms with van der Waals surface area (Å²) < 4.78 is 11.3. The van der Waals surface area contributed by atoms with Crippen LogP contribution in [0.15, 0.2) is 6.20 Å². The molecule has 0 bridgehead atoms. The average Bonchev–Trinajstić information content (AvgIpc) is 3.33. The number of amides is 1. The van der Waals surface area contributed by atoms with Gasteiger partial charge in [-0.15, -0.1) is 0 Å². The van der Waals surface area contributed by atoms with Crippen LogP contribution in [-0.2, 0) is 0 Å². The number of ether oxygens (including phenoxy) is 2. The van der Waals surface area contributed by atoms with Gasteiger partial charge in [0.05, 0.1) is 12.8 Å². The highest BCUT2D eigenvalue weighted by Crippen LogP contribution is 2.31. The summed E-state index contributed by atoms with van der Waals surface area (Å²) in [5, 5.41) is 2.75. The molecule has 1 saturated carbocycles. The lowest BCUT2D eigenvalue weighted by molar-refractivity contribution is 0.196. The zero-order valence-electron chi connectivity index (χ0n) is 16.6. The molecular weight excluding hydrogens is 344 g/mol. The molecule has 0 spiro atoms. The molecule has 3 rings (SSSR count). The van der Waals surface area contributed by atoms with Crippen molar-refractivity contribution in [3.63, 3.8) is 0 Å². The topological polar surface area (TPSA) is 76.6 Å². The number of rotatable bonds is 8. The third-order valence-electron chi connectivity index (χ3n) is 5.22. The normalized spacial score (nSPS) is 17.5. The molecule has 1 aromatic rings. The summed E-state index contributed by atoms with van der Waals surface area (Å²) in [6.07, 6.45) is 9.20. The maximum atomic E-state index is 12.0. The quantitative estimate of drug-likeness (QED) is 0.744. The minimum Gasteiger partial charge on any atom is -0.475 e. The van der Waals surface area contributed by atoms with Crippen molar-refractivity contribution in [1.82, 2.24) is 15.3 Å². The van der Waals surface area contributed by atoms with Crippen LogP contribution in [0.4, 0.5) is 10.6 Å². The van der Waals surface area contributed by atoms with Gasteiger partial charge in [-0.1, -0.05) is 26.7 Å². The van der Waals surface area contributed by atoms with Gasteiger partial charge in [0.15, 0.2) is 5.82 Å². The zero-order chi connectivity index (χ0) is 19.1. The van der Waals surface area contributed by atoms with Gasteiger partial charge in [-0.2, -0.15) is 4.98 Å². The number of carbonyl (C=O) groups excluding carboxylic acids is 1. The van der Waals surface area contributed by atoms with Crippen LogP contribution in [-0.4, -0.2) is 42.3 Å². The van der Waals surface area contributed by atoms with Crippen molar-refractivity contribution in [2.24, 2.45) is 11.8 Å². The summed E-state index contributed by atoms with van der Waals surface area (Å²) in [7, 11) is 0. The molecule has 1 amide bonds. The molecule has 1 aromatic heterocycles. The van der Waals surface area contributed by atoms with Gasteiger partial charge in [0.1, 0.15) is 0 Å². The first-order valence-electron chi connectivity index (χ1n) is 10.3. The van der Waals surface area contributed by atoms with Crippen molar-refractivity contribution in [2.75, 3.05) is 31.1 Å². The summed E-state index contributed by atoms with van der Waals surface area (Å²) in [6, 6.07) is 0. The Balaban J connectivity index is 1.63. The molecule has 0 radical (unpaired) electrons. The molecule has 0 atom stereocenters. The van der Waals surface area contributed by atoms with E-state index in [1.807, 2.05) is 0 Å². The number of anilines is 1. The molecule has 150 valence electrons. The molecule has 0 aromatic carbocycles. The second-order valence-corrected chi connectivity index (χ2v) is 7.99. The second-order valence-electron chi connectivity index (χ2n) is 7.99. The van der Waals surface area contributed by atoms with Crippen molar-refractivity contribution in [2.45, 2.75) is 58.8 Å². The van der Waals surface area contributed by atoms with Crippen molar-refractivity contribution < 1.29 is 14.3 Å². The summed E-state index contributed by atoms with van der Waals surface area (Å²) >= 11 is 0. The lowest BCUT2D eigenvalue weighted by Gasteiger charge is -2.20. The first kappa shape index (κ1) is 19.7. The lowest BCUT2D eigenvalue weighted by atomic mass is 10.1. The summed E-state index contributed by atoms with van der Waals surface area (Å²) in [5.74, 6) is 2.54. The van der Waals surface area contributed by atoms with Gasteiger partial charge in [0, 0.05) is 19.6 Å². The standard InChI is InChI=1S/C20H32N4O3/c1-15(2)9-10-21-20(25)27-17-13-22-18(24-11-5-6-12-24)19(23-17)26-14-16-7-3-4-8-16/h13,15-16H,3-12,14H2,1-2H3,(H,21,25). The highest BCUT2D eigenvalue weighted by Gasteiger charge is 2.23. The second kappa shape index (κ2) is 9.76. The van der Waals surface area contributed by atoms with Crippen molar-refractivity contribution >= 4 is 11.9 Å².